The van der Waals surface area contributed by atoms with Crippen molar-refractivity contribution in [3.63, 3.8) is 0 Å². The number of carbonyl (C=O) groups excluding carboxylic acids is 2. The number of rotatable bonds is 12. The molecule has 4 heterocycles. The lowest BCUT2D eigenvalue weighted by atomic mass is 9.94. The number of aliphatic hydroxyl groups is 12. The van der Waals surface area contributed by atoms with E-state index in [1.807, 2.05) is 0 Å². The summed E-state index contributed by atoms with van der Waals surface area (Å²) in [4.78, 5) is 24.1. The second kappa shape index (κ2) is 18.0. The van der Waals surface area contributed by atoms with E-state index in [0.717, 1.165) is 13.8 Å². The average molecular weight is 749 g/mol. The van der Waals surface area contributed by atoms with Crippen molar-refractivity contribution in [2.45, 2.75) is 137 Å². The Labute approximate surface area is 289 Å². The average Bonchev–Trinajstić information content (AvgIpc) is 3.09. The minimum absolute atomic E-state index is 0.679. The zero-order valence-electron chi connectivity index (χ0n) is 27.4. The fourth-order valence-corrected chi connectivity index (χ4v) is 6.35. The molecule has 4 rings (SSSR count). The second-order valence-corrected chi connectivity index (χ2v) is 12.6. The number of ether oxygens (including phenoxy) is 7. The van der Waals surface area contributed by atoms with Gasteiger partial charge in [-0.15, -0.1) is 0 Å². The van der Waals surface area contributed by atoms with E-state index in [9.17, 15) is 70.9 Å². The first kappa shape index (κ1) is 41.9. The van der Waals surface area contributed by atoms with Crippen molar-refractivity contribution in [2.24, 2.45) is 0 Å². The van der Waals surface area contributed by atoms with Crippen molar-refractivity contribution in [3.8, 4) is 0 Å². The largest absolute Gasteiger partial charge is 0.394 e. The minimum atomic E-state index is -2.04. The van der Waals surface area contributed by atoms with Crippen LogP contribution in [-0.4, -0.2) is 222 Å². The van der Waals surface area contributed by atoms with Crippen LogP contribution in [0, 0.1) is 0 Å². The van der Waals surface area contributed by atoms with Crippen molar-refractivity contribution >= 4 is 11.8 Å². The molecule has 0 bridgehead atoms. The molecule has 2 amide bonds. The molecular weight excluding hydrogens is 700 g/mol. The van der Waals surface area contributed by atoms with E-state index in [0.29, 0.717) is 0 Å². The third kappa shape index (κ3) is 9.11. The van der Waals surface area contributed by atoms with Gasteiger partial charge in [0.2, 0.25) is 11.8 Å². The summed E-state index contributed by atoms with van der Waals surface area (Å²) in [6.45, 7) is -1.28. The van der Waals surface area contributed by atoms with E-state index < -0.39 is 161 Å². The zero-order valence-corrected chi connectivity index (χ0v) is 27.4. The van der Waals surface area contributed by atoms with Crippen LogP contribution < -0.4 is 10.6 Å². The number of carbonyl (C=O) groups is 2. The summed E-state index contributed by atoms with van der Waals surface area (Å²) in [6, 6.07) is -3.07. The molecule has 296 valence electrons. The summed E-state index contributed by atoms with van der Waals surface area (Å²) in [5.41, 5.74) is 0. The lowest BCUT2D eigenvalue weighted by Crippen LogP contribution is -2.70. The normalized spacial score (nSPS) is 47.8. The molecule has 0 spiro atoms. The summed E-state index contributed by atoms with van der Waals surface area (Å²) < 4.78 is 39.0. The van der Waals surface area contributed by atoms with E-state index in [-0.39, 0.29) is 0 Å². The molecule has 51 heavy (non-hydrogen) atoms. The first-order chi connectivity index (χ1) is 24.1. The van der Waals surface area contributed by atoms with Crippen LogP contribution in [0.1, 0.15) is 13.8 Å². The number of nitrogens with one attached hydrogen (secondary N) is 2. The van der Waals surface area contributed by atoms with Crippen molar-refractivity contribution in [1.82, 2.24) is 10.6 Å². The summed E-state index contributed by atoms with van der Waals surface area (Å²) >= 11 is 0. The summed E-state index contributed by atoms with van der Waals surface area (Å²) in [5.74, 6) is -1.43. The van der Waals surface area contributed by atoms with E-state index in [4.69, 9.17) is 33.2 Å². The Morgan fingerprint density at radius 3 is 1.45 bits per heavy atom. The maximum atomic E-state index is 12.2. The van der Waals surface area contributed by atoms with E-state index in [1.165, 1.54) is 0 Å². The van der Waals surface area contributed by atoms with E-state index in [1.54, 1.807) is 0 Å². The van der Waals surface area contributed by atoms with Crippen molar-refractivity contribution in [2.75, 3.05) is 26.4 Å². The van der Waals surface area contributed by atoms with Crippen LogP contribution in [-0.2, 0) is 42.7 Å². The fraction of sp³-hybridized carbons (Fsp3) is 0.929. The molecule has 4 fully saturated rings. The van der Waals surface area contributed by atoms with Gasteiger partial charge in [0.25, 0.3) is 0 Å². The van der Waals surface area contributed by atoms with Gasteiger partial charge in [-0.05, 0) is 0 Å². The van der Waals surface area contributed by atoms with Gasteiger partial charge in [-0.1, -0.05) is 0 Å². The van der Waals surface area contributed by atoms with Crippen molar-refractivity contribution < 1.29 is 104 Å². The predicted octanol–water partition coefficient (Wildman–Crippen LogP) is -9.46. The fourth-order valence-electron chi connectivity index (χ4n) is 6.35. The lowest BCUT2D eigenvalue weighted by molar-refractivity contribution is -0.379. The van der Waals surface area contributed by atoms with Crippen molar-refractivity contribution in [1.29, 1.82) is 0 Å². The topological polar surface area (TPSA) is 366 Å². The predicted molar refractivity (Wildman–Crippen MR) is 157 cm³/mol. The molecule has 0 saturated carbocycles. The number of hydrogen-bond donors (Lipinski definition) is 14. The molecule has 4 saturated heterocycles. The molecule has 0 aromatic heterocycles. The van der Waals surface area contributed by atoms with Gasteiger partial charge in [-0.2, -0.15) is 0 Å². The van der Waals surface area contributed by atoms with Gasteiger partial charge in [0.15, 0.2) is 25.2 Å². The zero-order chi connectivity index (χ0) is 37.9. The van der Waals surface area contributed by atoms with Gasteiger partial charge in [0, 0.05) is 13.8 Å². The van der Waals surface area contributed by atoms with Gasteiger partial charge < -0.3 is 105 Å². The Morgan fingerprint density at radius 1 is 0.471 bits per heavy atom. The highest BCUT2D eigenvalue weighted by Gasteiger charge is 2.55. The van der Waals surface area contributed by atoms with Crippen LogP contribution in [0.25, 0.3) is 0 Å². The Bertz CT molecular complexity index is 1140. The quantitative estimate of drug-likeness (QED) is 0.0881. The number of amides is 2. The van der Waals surface area contributed by atoms with E-state index >= 15 is 0 Å². The monoisotopic (exact) mass is 748 g/mol. The second-order valence-electron chi connectivity index (χ2n) is 12.6. The molecule has 14 N–H and O–H groups in total. The first-order valence-corrected chi connectivity index (χ1v) is 16.1. The molecule has 23 heteroatoms. The lowest BCUT2D eigenvalue weighted by Gasteiger charge is -2.50. The van der Waals surface area contributed by atoms with Crippen LogP contribution in [0.15, 0.2) is 0 Å². The highest BCUT2D eigenvalue weighted by atomic mass is 16.8. The standard InChI is InChI=1S/C28H48N2O21/c1-7(35)29-13-18(40)22(12(6-34)48-26(13)50-23-14(30-8(2)36)25(44)45-10(4-32)16(23)38)49-28-21(43)24(17(39)11(5-33)47-28)51-27-20(42)19(41)15(37)9(3-31)46-27/h9-28,31-34,37-44H,3-6H2,1-2H3,(H,29,35)(H,30,36)/t9-,10-,11-,12-,13-,14-,15+,16+,17+,18-,19+,20-,21-,22-,23-,24+,25+,26+,27-,28+/m1/s1. The van der Waals surface area contributed by atoms with Crippen LogP contribution in [0.3, 0.4) is 0 Å². The Hall–Kier alpha value is -1.82. The van der Waals surface area contributed by atoms with Gasteiger partial charge in [0.1, 0.15) is 97.5 Å². The Morgan fingerprint density at radius 2 is 0.902 bits per heavy atom. The maximum absolute atomic E-state index is 12.2. The molecule has 0 aliphatic carbocycles. The molecule has 20 atom stereocenters. The molecule has 4 aliphatic heterocycles. The maximum Gasteiger partial charge on any atom is 0.217 e. The molecular formula is C28H48N2O21. The smallest absolute Gasteiger partial charge is 0.217 e. The highest BCUT2D eigenvalue weighted by molar-refractivity contribution is 5.73. The molecule has 0 aromatic rings. The molecule has 4 aliphatic rings. The molecule has 0 radical (unpaired) electrons. The third-order valence-electron chi connectivity index (χ3n) is 9.01. The molecule has 0 aromatic carbocycles. The Kier molecular flexibility index (Phi) is 14.8. The Balaban J connectivity index is 1.58. The number of aliphatic hydroxyl groups excluding tert-OH is 12. The summed E-state index contributed by atoms with van der Waals surface area (Å²) in [5, 5.41) is 130. The van der Waals surface area contributed by atoms with Crippen LogP contribution in [0.5, 0.6) is 0 Å². The minimum Gasteiger partial charge on any atom is -0.394 e. The van der Waals surface area contributed by atoms with Crippen LogP contribution in [0.4, 0.5) is 0 Å². The van der Waals surface area contributed by atoms with Gasteiger partial charge in [-0.3, -0.25) is 9.59 Å². The van der Waals surface area contributed by atoms with Gasteiger partial charge in [0.05, 0.1) is 26.4 Å². The number of hydrogen-bond acceptors (Lipinski definition) is 21. The van der Waals surface area contributed by atoms with Crippen molar-refractivity contribution in [3.05, 3.63) is 0 Å². The van der Waals surface area contributed by atoms with E-state index in [2.05, 4.69) is 10.6 Å². The third-order valence-corrected chi connectivity index (χ3v) is 9.01. The van der Waals surface area contributed by atoms with Crippen LogP contribution in [0.2, 0.25) is 0 Å². The van der Waals surface area contributed by atoms with Gasteiger partial charge >= 0.3 is 0 Å². The van der Waals surface area contributed by atoms with Gasteiger partial charge in [-0.25, -0.2) is 0 Å². The molecule has 0 unspecified atom stereocenters. The highest BCUT2D eigenvalue weighted by Crippen LogP contribution is 2.34. The van der Waals surface area contributed by atoms with Crippen LogP contribution >= 0.6 is 0 Å². The summed E-state index contributed by atoms with van der Waals surface area (Å²) in [7, 11) is 0. The summed E-state index contributed by atoms with van der Waals surface area (Å²) in [6.07, 6.45) is -31.5. The molecule has 23 nitrogen and oxygen atoms in total. The SMILES string of the molecule is CC(=O)N[C@@H]1[C@@H](O[C@@H]2O[C@H](CO)[C@@H](O[C@@H]3O[C@H](CO)[C@H](O)[C@H](O[C@H]4O[C@H](CO)[C@H](O)[C@H](O)[C@H]4O)[C@H]3O)[C@H](O)[C@H]2NC(C)=O)[C@@H](O)[C@@H](CO)O[C@@H]1O. The first-order valence-electron chi connectivity index (χ1n) is 16.1.